The quantitative estimate of drug-likeness (QED) is 0.926. The van der Waals surface area contributed by atoms with Crippen LogP contribution in [0.5, 0.6) is 5.75 Å². The Morgan fingerprint density at radius 3 is 2.56 bits per heavy atom. The summed E-state index contributed by atoms with van der Waals surface area (Å²) in [7, 11) is 1.48. The van der Waals surface area contributed by atoms with Gasteiger partial charge in [0.2, 0.25) is 0 Å². The molecule has 2 aromatic carbocycles. The van der Waals surface area contributed by atoms with Crippen LogP contribution in [0.4, 0.5) is 10.1 Å². The molecule has 0 saturated heterocycles. The molecule has 1 heterocycles. The number of anilines is 1. The van der Waals surface area contributed by atoms with Crippen molar-refractivity contribution in [3.63, 3.8) is 0 Å². The highest BCUT2D eigenvalue weighted by Crippen LogP contribution is 2.42. The standard InChI is InChI=1S/C19H16FNO4/c1-11(22)16-17(14-8-3-4-9-15(14)20)21(19(24)18(16)23)12-6-5-7-13(10-12)25-2/h3-10,17,23H,1-2H3/t17-/m1/s1. The topological polar surface area (TPSA) is 66.8 Å². The zero-order valence-corrected chi connectivity index (χ0v) is 13.7. The molecule has 1 amide bonds. The lowest BCUT2D eigenvalue weighted by molar-refractivity contribution is -0.117. The zero-order valence-electron chi connectivity index (χ0n) is 13.7. The molecule has 1 aliphatic heterocycles. The third-order valence-electron chi connectivity index (χ3n) is 4.12. The van der Waals surface area contributed by atoms with E-state index in [9.17, 15) is 19.1 Å². The van der Waals surface area contributed by atoms with Gasteiger partial charge in [0, 0.05) is 17.3 Å². The van der Waals surface area contributed by atoms with Crippen LogP contribution >= 0.6 is 0 Å². The van der Waals surface area contributed by atoms with Crippen molar-refractivity contribution in [2.45, 2.75) is 13.0 Å². The molecule has 0 saturated carbocycles. The van der Waals surface area contributed by atoms with Crippen molar-refractivity contribution < 1.29 is 23.8 Å². The van der Waals surface area contributed by atoms with E-state index in [0.717, 1.165) is 0 Å². The van der Waals surface area contributed by atoms with Gasteiger partial charge in [0.1, 0.15) is 11.6 Å². The number of carbonyl (C=O) groups excluding carboxylic acids is 2. The molecule has 0 aliphatic carbocycles. The van der Waals surface area contributed by atoms with E-state index in [0.29, 0.717) is 11.4 Å². The molecule has 0 aromatic heterocycles. The van der Waals surface area contributed by atoms with Gasteiger partial charge in [-0.15, -0.1) is 0 Å². The number of Topliss-reactive ketones (excluding diaryl/α,β-unsaturated/α-hetero) is 1. The lowest BCUT2D eigenvalue weighted by atomic mass is 9.96. The first-order valence-electron chi connectivity index (χ1n) is 7.61. The number of hydrogen-bond donors (Lipinski definition) is 1. The molecular formula is C19H16FNO4. The van der Waals surface area contributed by atoms with Gasteiger partial charge in [-0.05, 0) is 25.1 Å². The van der Waals surface area contributed by atoms with E-state index in [4.69, 9.17) is 4.74 Å². The number of ether oxygens (including phenoxy) is 1. The summed E-state index contributed by atoms with van der Waals surface area (Å²) >= 11 is 0. The van der Waals surface area contributed by atoms with Crippen LogP contribution in [-0.2, 0) is 9.59 Å². The summed E-state index contributed by atoms with van der Waals surface area (Å²) in [6, 6.07) is 11.4. The summed E-state index contributed by atoms with van der Waals surface area (Å²) < 4.78 is 19.5. The van der Waals surface area contributed by atoms with Crippen LogP contribution in [0.2, 0.25) is 0 Å². The molecule has 0 fully saturated rings. The van der Waals surface area contributed by atoms with Gasteiger partial charge in [-0.1, -0.05) is 24.3 Å². The van der Waals surface area contributed by atoms with Crippen LogP contribution in [0.1, 0.15) is 18.5 Å². The normalized spacial score (nSPS) is 17.2. The largest absolute Gasteiger partial charge is 0.503 e. The van der Waals surface area contributed by atoms with Crippen LogP contribution in [0.15, 0.2) is 59.9 Å². The minimum absolute atomic E-state index is 0.127. The number of rotatable bonds is 4. The number of nitrogens with zero attached hydrogens (tertiary/aromatic N) is 1. The number of halogens is 1. The second-order valence-electron chi connectivity index (χ2n) is 5.62. The third-order valence-corrected chi connectivity index (χ3v) is 4.12. The number of ketones is 1. The second-order valence-corrected chi connectivity index (χ2v) is 5.62. The second kappa shape index (κ2) is 6.39. The smallest absolute Gasteiger partial charge is 0.294 e. The van der Waals surface area contributed by atoms with Crippen LogP contribution in [-0.4, -0.2) is 23.9 Å². The average Bonchev–Trinajstić information content (AvgIpc) is 2.87. The lowest BCUT2D eigenvalue weighted by Crippen LogP contribution is -2.31. The minimum Gasteiger partial charge on any atom is -0.503 e. The molecule has 6 heteroatoms. The summed E-state index contributed by atoms with van der Waals surface area (Å²) in [5.74, 6) is -1.99. The van der Waals surface area contributed by atoms with Crippen molar-refractivity contribution in [1.29, 1.82) is 0 Å². The van der Waals surface area contributed by atoms with E-state index < -0.39 is 29.3 Å². The Kier molecular flexibility index (Phi) is 4.27. The van der Waals surface area contributed by atoms with Crippen LogP contribution in [0, 0.1) is 5.82 Å². The van der Waals surface area contributed by atoms with Gasteiger partial charge in [0.15, 0.2) is 11.5 Å². The minimum atomic E-state index is -1.04. The first-order valence-corrected chi connectivity index (χ1v) is 7.61. The van der Waals surface area contributed by atoms with Gasteiger partial charge in [-0.25, -0.2) is 4.39 Å². The fraction of sp³-hybridized carbons (Fsp3) is 0.158. The summed E-state index contributed by atoms with van der Waals surface area (Å²) in [4.78, 5) is 25.9. The maximum absolute atomic E-state index is 14.4. The van der Waals surface area contributed by atoms with Gasteiger partial charge < -0.3 is 9.84 Å². The van der Waals surface area contributed by atoms with Gasteiger partial charge in [-0.3, -0.25) is 14.5 Å². The highest BCUT2D eigenvalue weighted by Gasteiger charge is 2.44. The number of aliphatic hydroxyl groups excluding tert-OH is 1. The Balaban J connectivity index is 2.21. The molecule has 128 valence electrons. The first-order chi connectivity index (χ1) is 12.0. The molecule has 2 aromatic rings. The lowest BCUT2D eigenvalue weighted by Gasteiger charge is -2.27. The predicted molar refractivity (Wildman–Crippen MR) is 90.0 cm³/mol. The van der Waals surface area contributed by atoms with Gasteiger partial charge in [0.05, 0.1) is 18.7 Å². The maximum Gasteiger partial charge on any atom is 0.294 e. The van der Waals surface area contributed by atoms with Crippen LogP contribution in [0.3, 0.4) is 0 Å². The monoisotopic (exact) mass is 341 g/mol. The van der Waals surface area contributed by atoms with Crippen molar-refractivity contribution in [3.8, 4) is 5.75 Å². The van der Waals surface area contributed by atoms with Crippen molar-refractivity contribution in [2.24, 2.45) is 0 Å². The van der Waals surface area contributed by atoms with Gasteiger partial charge in [-0.2, -0.15) is 0 Å². The Hall–Kier alpha value is -3.15. The molecule has 1 aliphatic rings. The highest BCUT2D eigenvalue weighted by molar-refractivity contribution is 6.16. The first kappa shape index (κ1) is 16.7. The molecule has 1 N–H and O–H groups in total. The van der Waals surface area contributed by atoms with E-state index in [1.54, 1.807) is 30.3 Å². The summed E-state index contributed by atoms with van der Waals surface area (Å²) in [5.41, 5.74) is 0.395. The van der Waals surface area contributed by atoms with E-state index in [1.165, 1.54) is 37.1 Å². The Labute approximate surface area is 144 Å². The van der Waals surface area contributed by atoms with E-state index in [2.05, 4.69) is 0 Å². The molecule has 25 heavy (non-hydrogen) atoms. The molecular weight excluding hydrogens is 325 g/mol. The van der Waals surface area contributed by atoms with Crippen molar-refractivity contribution >= 4 is 17.4 Å². The van der Waals surface area contributed by atoms with Crippen LogP contribution in [0.25, 0.3) is 0 Å². The number of amides is 1. The third kappa shape index (κ3) is 2.76. The number of benzene rings is 2. The molecule has 0 unspecified atom stereocenters. The molecule has 3 rings (SSSR count). The van der Waals surface area contributed by atoms with E-state index in [-0.39, 0.29) is 11.1 Å². The Bertz CT molecular complexity index is 890. The maximum atomic E-state index is 14.4. The summed E-state index contributed by atoms with van der Waals surface area (Å²) in [5, 5.41) is 10.2. The molecule has 0 radical (unpaired) electrons. The van der Waals surface area contributed by atoms with Gasteiger partial charge >= 0.3 is 0 Å². The molecule has 5 nitrogen and oxygen atoms in total. The summed E-state index contributed by atoms with van der Waals surface area (Å²) in [6.07, 6.45) is 0. The number of carbonyl (C=O) groups is 2. The van der Waals surface area contributed by atoms with E-state index >= 15 is 0 Å². The predicted octanol–water partition coefficient (Wildman–Crippen LogP) is 3.32. The fourth-order valence-corrected chi connectivity index (χ4v) is 2.98. The zero-order chi connectivity index (χ0) is 18.1. The average molecular weight is 341 g/mol. The Morgan fingerprint density at radius 2 is 1.92 bits per heavy atom. The van der Waals surface area contributed by atoms with Gasteiger partial charge in [0.25, 0.3) is 5.91 Å². The molecule has 0 bridgehead atoms. The van der Waals surface area contributed by atoms with Crippen molar-refractivity contribution in [3.05, 3.63) is 71.2 Å². The van der Waals surface area contributed by atoms with Crippen LogP contribution < -0.4 is 9.64 Å². The number of methoxy groups -OCH3 is 1. The van der Waals surface area contributed by atoms with E-state index in [1.807, 2.05) is 0 Å². The number of aliphatic hydroxyl groups is 1. The SMILES string of the molecule is COc1cccc(N2C(=O)C(O)=C(C(C)=O)[C@H]2c2ccccc2F)c1. The van der Waals surface area contributed by atoms with Crippen molar-refractivity contribution in [2.75, 3.05) is 12.0 Å². The molecule has 0 spiro atoms. The summed E-state index contributed by atoms with van der Waals surface area (Å²) in [6.45, 7) is 1.24. The number of hydrogen-bond acceptors (Lipinski definition) is 4. The fourth-order valence-electron chi connectivity index (χ4n) is 2.98. The highest BCUT2D eigenvalue weighted by atomic mass is 19.1. The van der Waals surface area contributed by atoms with Crippen molar-refractivity contribution in [1.82, 2.24) is 0 Å². The Morgan fingerprint density at radius 1 is 1.20 bits per heavy atom. The molecule has 1 atom stereocenters.